The van der Waals surface area contributed by atoms with Crippen molar-refractivity contribution in [3.8, 4) is 11.6 Å². The maximum Gasteiger partial charge on any atom is 0.302 e. The van der Waals surface area contributed by atoms with Gasteiger partial charge in [0.1, 0.15) is 5.75 Å². The van der Waals surface area contributed by atoms with Crippen molar-refractivity contribution in [3.63, 3.8) is 0 Å². The molecule has 0 aliphatic rings. The molecule has 0 aliphatic heterocycles. The fourth-order valence-electron chi connectivity index (χ4n) is 2.48. The quantitative estimate of drug-likeness (QED) is 0.543. The number of carbonyl (C=O) groups is 1. The number of hydrogen-bond acceptors (Lipinski definition) is 4. The van der Waals surface area contributed by atoms with E-state index in [1.807, 2.05) is 30.3 Å². The number of carbonyl (C=O) groups excluding carboxylic acids is 1. The smallest absolute Gasteiger partial charge is 0.302 e. The summed E-state index contributed by atoms with van der Waals surface area (Å²) in [6.07, 6.45) is 0. The Hall–Kier alpha value is -2.67. The van der Waals surface area contributed by atoms with Crippen LogP contribution >= 0.6 is 15.9 Å². The molecule has 0 bridgehead atoms. The highest BCUT2D eigenvalue weighted by Gasteiger charge is 2.13. The standard InChI is InChI=1S/C19H18BrN3O3/c1-11(2)12-6-7-16-15(8-12)18(19(25)21-16)23-22-17(24)10-26-14-5-3-4-13(20)9-14/h3-9,11,21,25H,10H2,1-2H3. The molecule has 0 fully saturated rings. The Bertz CT molecular complexity index is 979. The topological polar surface area (TPSA) is 87.0 Å². The summed E-state index contributed by atoms with van der Waals surface area (Å²) in [5.74, 6) is 0.227. The minimum Gasteiger partial charge on any atom is -0.493 e. The second-order valence-electron chi connectivity index (χ2n) is 6.12. The minimum atomic E-state index is -0.543. The van der Waals surface area contributed by atoms with Crippen molar-refractivity contribution < 1.29 is 14.6 Å². The Morgan fingerprint density at radius 1 is 1.27 bits per heavy atom. The van der Waals surface area contributed by atoms with Crippen LogP contribution in [-0.2, 0) is 4.79 Å². The summed E-state index contributed by atoms with van der Waals surface area (Å²) in [4.78, 5) is 14.8. The zero-order valence-electron chi connectivity index (χ0n) is 14.4. The lowest BCUT2D eigenvalue weighted by molar-refractivity contribution is -0.120. The number of aromatic nitrogens is 1. The fourth-order valence-corrected chi connectivity index (χ4v) is 2.86. The van der Waals surface area contributed by atoms with Crippen LogP contribution < -0.4 is 4.74 Å². The number of benzene rings is 2. The van der Waals surface area contributed by atoms with E-state index in [1.54, 1.807) is 12.1 Å². The molecular formula is C19H18BrN3O3. The van der Waals surface area contributed by atoms with Crippen molar-refractivity contribution in [1.82, 2.24) is 4.98 Å². The number of fused-ring (bicyclic) bond motifs is 1. The van der Waals surface area contributed by atoms with Crippen molar-refractivity contribution >= 4 is 38.4 Å². The van der Waals surface area contributed by atoms with Crippen molar-refractivity contribution in [1.29, 1.82) is 0 Å². The number of amides is 1. The molecule has 3 aromatic rings. The highest BCUT2D eigenvalue weighted by atomic mass is 79.9. The van der Waals surface area contributed by atoms with Crippen LogP contribution in [0.3, 0.4) is 0 Å². The average Bonchev–Trinajstić information content (AvgIpc) is 2.92. The van der Waals surface area contributed by atoms with E-state index < -0.39 is 5.91 Å². The third-order valence-electron chi connectivity index (χ3n) is 3.86. The number of rotatable bonds is 5. The van der Waals surface area contributed by atoms with Crippen molar-refractivity contribution in [3.05, 3.63) is 52.5 Å². The van der Waals surface area contributed by atoms with Gasteiger partial charge in [0, 0.05) is 9.86 Å². The first-order valence-electron chi connectivity index (χ1n) is 8.11. The summed E-state index contributed by atoms with van der Waals surface area (Å²) in [5.41, 5.74) is 2.09. The molecule has 2 N–H and O–H groups in total. The molecule has 3 rings (SSSR count). The number of nitrogens with zero attached hydrogens (tertiary/aromatic N) is 2. The number of aromatic hydroxyl groups is 1. The summed E-state index contributed by atoms with van der Waals surface area (Å²) in [6, 6.07) is 13.0. The molecule has 1 heterocycles. The van der Waals surface area contributed by atoms with Crippen molar-refractivity contribution in [2.75, 3.05) is 6.61 Å². The third-order valence-corrected chi connectivity index (χ3v) is 4.36. The predicted molar refractivity (Wildman–Crippen MR) is 103 cm³/mol. The maximum atomic E-state index is 11.9. The first kappa shape index (κ1) is 18.1. The van der Waals surface area contributed by atoms with E-state index >= 15 is 0 Å². The number of nitrogens with one attached hydrogen (secondary N) is 1. The van der Waals surface area contributed by atoms with E-state index in [2.05, 4.69) is 45.0 Å². The molecule has 1 aromatic heterocycles. The third kappa shape index (κ3) is 4.11. The molecule has 7 heteroatoms. The molecule has 0 atom stereocenters. The van der Waals surface area contributed by atoms with Crippen molar-refractivity contribution in [2.45, 2.75) is 19.8 Å². The van der Waals surface area contributed by atoms with Crippen LogP contribution in [0.2, 0.25) is 0 Å². The maximum absolute atomic E-state index is 11.9. The Labute approximate surface area is 159 Å². The number of azo groups is 1. The molecule has 0 saturated carbocycles. The first-order valence-corrected chi connectivity index (χ1v) is 8.91. The summed E-state index contributed by atoms with van der Waals surface area (Å²) >= 11 is 3.33. The molecule has 0 unspecified atom stereocenters. The summed E-state index contributed by atoms with van der Waals surface area (Å²) < 4.78 is 6.24. The number of H-pyrrole nitrogens is 1. The largest absolute Gasteiger partial charge is 0.493 e. The molecule has 0 aliphatic carbocycles. The van der Waals surface area contributed by atoms with Gasteiger partial charge >= 0.3 is 5.91 Å². The normalized spacial score (nSPS) is 11.5. The van der Waals surface area contributed by atoms with Crippen molar-refractivity contribution in [2.24, 2.45) is 10.2 Å². The van der Waals surface area contributed by atoms with Crippen LogP contribution in [0, 0.1) is 0 Å². The lowest BCUT2D eigenvalue weighted by atomic mass is 10.0. The molecule has 0 radical (unpaired) electrons. The number of aromatic amines is 1. The Morgan fingerprint density at radius 3 is 2.81 bits per heavy atom. The monoisotopic (exact) mass is 415 g/mol. The van der Waals surface area contributed by atoms with Gasteiger partial charge in [0.2, 0.25) is 5.88 Å². The number of hydrogen-bond donors (Lipinski definition) is 2. The molecule has 6 nitrogen and oxygen atoms in total. The molecule has 1 amide bonds. The average molecular weight is 416 g/mol. The molecule has 2 aromatic carbocycles. The Morgan fingerprint density at radius 2 is 2.08 bits per heavy atom. The van der Waals surface area contributed by atoms with Crippen LogP contribution in [0.25, 0.3) is 10.9 Å². The lowest BCUT2D eigenvalue weighted by Crippen LogP contribution is -2.07. The fraction of sp³-hybridized carbons (Fsp3) is 0.211. The van der Waals surface area contributed by atoms with Gasteiger partial charge in [-0.3, -0.25) is 4.79 Å². The van der Waals surface area contributed by atoms with Gasteiger partial charge in [-0.2, -0.15) is 0 Å². The summed E-state index contributed by atoms with van der Waals surface area (Å²) in [5, 5.41) is 18.4. The molecule has 0 spiro atoms. The summed E-state index contributed by atoms with van der Waals surface area (Å²) in [7, 11) is 0. The van der Waals surface area contributed by atoms with E-state index in [1.165, 1.54) is 0 Å². The number of ether oxygens (including phenoxy) is 1. The summed E-state index contributed by atoms with van der Waals surface area (Å²) in [6.45, 7) is 3.93. The SMILES string of the molecule is CC(C)c1ccc2[nH]c(O)c(N=NC(=O)COc3cccc(Br)c3)c2c1. The van der Waals surface area contributed by atoms with E-state index in [0.29, 0.717) is 11.7 Å². The highest BCUT2D eigenvalue weighted by Crippen LogP contribution is 2.36. The molecule has 0 saturated heterocycles. The van der Waals surface area contributed by atoms with Gasteiger partial charge in [0.05, 0.1) is 5.52 Å². The van der Waals surface area contributed by atoms with Gasteiger partial charge in [0.15, 0.2) is 12.3 Å². The second kappa shape index (κ2) is 7.70. The van der Waals surface area contributed by atoms with Crippen LogP contribution in [0.4, 0.5) is 5.69 Å². The van der Waals surface area contributed by atoms with E-state index in [4.69, 9.17) is 4.74 Å². The molecule has 26 heavy (non-hydrogen) atoms. The van der Waals surface area contributed by atoms with Gasteiger partial charge in [-0.25, -0.2) is 0 Å². The highest BCUT2D eigenvalue weighted by molar-refractivity contribution is 9.10. The Balaban J connectivity index is 1.75. The Kier molecular flexibility index (Phi) is 5.37. The van der Waals surface area contributed by atoms with Crippen LogP contribution in [0.5, 0.6) is 11.6 Å². The van der Waals surface area contributed by atoms with Crippen LogP contribution in [0.1, 0.15) is 25.3 Å². The van der Waals surface area contributed by atoms with Gasteiger partial charge in [-0.15, -0.1) is 10.2 Å². The minimum absolute atomic E-state index is 0.120. The first-order chi connectivity index (χ1) is 12.4. The number of halogens is 1. The van der Waals surface area contributed by atoms with Gasteiger partial charge < -0.3 is 14.8 Å². The van der Waals surface area contributed by atoms with Gasteiger partial charge in [-0.05, 0) is 41.8 Å². The predicted octanol–water partition coefficient (Wildman–Crippen LogP) is 5.45. The zero-order valence-corrected chi connectivity index (χ0v) is 15.9. The lowest BCUT2D eigenvalue weighted by Gasteiger charge is -2.04. The molecular weight excluding hydrogens is 398 g/mol. The van der Waals surface area contributed by atoms with E-state index in [-0.39, 0.29) is 18.2 Å². The van der Waals surface area contributed by atoms with E-state index in [9.17, 15) is 9.90 Å². The van der Waals surface area contributed by atoms with E-state index in [0.717, 1.165) is 20.9 Å². The van der Waals surface area contributed by atoms with Crippen LogP contribution in [-0.4, -0.2) is 22.6 Å². The molecule has 134 valence electrons. The van der Waals surface area contributed by atoms with Gasteiger partial charge in [0.25, 0.3) is 0 Å². The van der Waals surface area contributed by atoms with Crippen LogP contribution in [0.15, 0.2) is 57.2 Å². The van der Waals surface area contributed by atoms with Gasteiger partial charge in [-0.1, -0.05) is 41.9 Å². The second-order valence-corrected chi connectivity index (χ2v) is 7.04. The zero-order chi connectivity index (χ0) is 18.7.